The van der Waals surface area contributed by atoms with Crippen molar-refractivity contribution >= 4 is 21.7 Å². The van der Waals surface area contributed by atoms with Crippen molar-refractivity contribution in [2.24, 2.45) is 0 Å². The normalized spacial score (nSPS) is 10.9. The molecule has 1 radical (unpaired) electrons. The summed E-state index contributed by atoms with van der Waals surface area (Å²) in [5.74, 6) is 0. The van der Waals surface area contributed by atoms with Crippen LogP contribution in [0.2, 0.25) is 0 Å². The van der Waals surface area contributed by atoms with Crippen LogP contribution in [0.25, 0.3) is 0 Å². The molecule has 0 spiro atoms. The Bertz CT molecular complexity index is 482. The highest BCUT2D eigenvalue weighted by molar-refractivity contribution is 7.89. The molecule has 0 atom stereocenters. The van der Waals surface area contributed by atoms with Crippen LogP contribution in [0, 0.1) is 0 Å². The summed E-state index contributed by atoms with van der Waals surface area (Å²) in [6, 6.07) is 5.80. The SMILES string of the molecule is CS(=O)(=O)NC(=O)Nc1ccc(CC[O])cc1. The molecule has 6 nitrogen and oxygen atoms in total. The Morgan fingerprint density at radius 2 is 1.82 bits per heavy atom. The number of anilines is 1. The van der Waals surface area contributed by atoms with Crippen LogP contribution >= 0.6 is 0 Å². The van der Waals surface area contributed by atoms with E-state index in [0.29, 0.717) is 12.1 Å². The van der Waals surface area contributed by atoms with Crippen molar-refractivity contribution in [1.82, 2.24) is 4.72 Å². The largest absolute Gasteiger partial charge is 0.332 e. The molecule has 93 valence electrons. The fourth-order valence-corrected chi connectivity index (χ4v) is 1.59. The summed E-state index contributed by atoms with van der Waals surface area (Å²) in [6.07, 6.45) is 1.32. The second kappa shape index (κ2) is 5.65. The number of urea groups is 1. The molecule has 0 saturated heterocycles. The van der Waals surface area contributed by atoms with Gasteiger partial charge in [-0.3, -0.25) is 0 Å². The maximum absolute atomic E-state index is 11.2. The lowest BCUT2D eigenvalue weighted by atomic mass is 10.1. The van der Waals surface area contributed by atoms with Crippen LogP contribution in [0.4, 0.5) is 10.5 Å². The average Bonchev–Trinajstić information content (AvgIpc) is 2.18. The number of carbonyl (C=O) groups excluding carboxylic acids is 1. The molecule has 17 heavy (non-hydrogen) atoms. The van der Waals surface area contributed by atoms with Crippen molar-refractivity contribution in [3.8, 4) is 0 Å². The molecule has 2 amide bonds. The van der Waals surface area contributed by atoms with Crippen molar-refractivity contribution < 1.29 is 18.3 Å². The molecule has 0 aromatic heterocycles. The molecule has 1 aromatic carbocycles. The van der Waals surface area contributed by atoms with E-state index >= 15 is 0 Å². The minimum absolute atomic E-state index is 0.193. The number of benzene rings is 1. The molecule has 0 aliphatic rings. The van der Waals surface area contributed by atoms with Crippen LogP contribution in [0.15, 0.2) is 24.3 Å². The number of hydrogen-bond acceptors (Lipinski definition) is 3. The van der Waals surface area contributed by atoms with Gasteiger partial charge in [-0.25, -0.2) is 23.0 Å². The van der Waals surface area contributed by atoms with Crippen molar-refractivity contribution in [2.45, 2.75) is 6.42 Å². The Labute approximate surface area is 99.7 Å². The Kier molecular flexibility index (Phi) is 4.47. The quantitative estimate of drug-likeness (QED) is 0.832. The minimum Gasteiger partial charge on any atom is -0.307 e. The van der Waals surface area contributed by atoms with Crippen LogP contribution in [-0.2, 0) is 21.6 Å². The number of nitrogens with one attached hydrogen (secondary N) is 2. The van der Waals surface area contributed by atoms with Gasteiger partial charge >= 0.3 is 6.03 Å². The summed E-state index contributed by atoms with van der Waals surface area (Å²) in [6.45, 7) is -0.193. The van der Waals surface area contributed by atoms with E-state index in [1.165, 1.54) is 0 Å². The van der Waals surface area contributed by atoms with Crippen molar-refractivity contribution in [2.75, 3.05) is 18.2 Å². The van der Waals surface area contributed by atoms with Gasteiger partial charge in [0.2, 0.25) is 10.0 Å². The summed E-state index contributed by atoms with van der Waals surface area (Å²) < 4.78 is 23.3. The number of amides is 2. The number of hydrogen-bond donors (Lipinski definition) is 2. The number of carbonyl (C=O) groups is 1. The van der Waals surface area contributed by atoms with E-state index in [1.54, 1.807) is 29.0 Å². The maximum atomic E-state index is 11.2. The first-order chi connectivity index (χ1) is 7.90. The fraction of sp³-hybridized carbons (Fsp3) is 0.300. The zero-order chi connectivity index (χ0) is 12.9. The number of sulfonamides is 1. The van der Waals surface area contributed by atoms with E-state index in [-0.39, 0.29) is 6.61 Å². The van der Waals surface area contributed by atoms with Gasteiger partial charge in [0, 0.05) is 5.69 Å². The average molecular weight is 257 g/mol. The van der Waals surface area contributed by atoms with E-state index in [0.717, 1.165) is 11.8 Å². The first kappa shape index (κ1) is 13.5. The molecule has 0 fully saturated rings. The third kappa shape index (κ3) is 5.32. The van der Waals surface area contributed by atoms with Gasteiger partial charge in [-0.15, -0.1) is 0 Å². The van der Waals surface area contributed by atoms with Crippen molar-refractivity contribution in [3.63, 3.8) is 0 Å². The van der Waals surface area contributed by atoms with Gasteiger partial charge in [-0.05, 0) is 24.1 Å². The predicted octanol–water partition coefficient (Wildman–Crippen LogP) is 0.741. The van der Waals surface area contributed by atoms with Crippen LogP contribution in [0.3, 0.4) is 0 Å². The van der Waals surface area contributed by atoms with Crippen molar-refractivity contribution in [1.29, 1.82) is 0 Å². The Morgan fingerprint density at radius 3 is 2.29 bits per heavy atom. The van der Waals surface area contributed by atoms with Gasteiger partial charge in [-0.2, -0.15) is 0 Å². The zero-order valence-electron chi connectivity index (χ0n) is 9.26. The monoisotopic (exact) mass is 257 g/mol. The predicted molar refractivity (Wildman–Crippen MR) is 62.7 cm³/mol. The molecule has 0 unspecified atom stereocenters. The third-order valence-electron chi connectivity index (χ3n) is 1.88. The molecular weight excluding hydrogens is 244 g/mol. The first-order valence-corrected chi connectivity index (χ1v) is 6.75. The molecule has 1 aromatic rings. The highest BCUT2D eigenvalue weighted by atomic mass is 32.2. The lowest BCUT2D eigenvalue weighted by Crippen LogP contribution is -2.33. The molecule has 0 bridgehead atoms. The van der Waals surface area contributed by atoms with E-state index in [9.17, 15) is 18.3 Å². The highest BCUT2D eigenvalue weighted by Gasteiger charge is 2.07. The molecule has 1 rings (SSSR count). The van der Waals surface area contributed by atoms with Gasteiger partial charge in [0.25, 0.3) is 0 Å². The minimum atomic E-state index is -3.56. The summed E-state index contributed by atoms with van der Waals surface area (Å²) in [4.78, 5) is 11.2. The van der Waals surface area contributed by atoms with E-state index < -0.39 is 16.1 Å². The Balaban J connectivity index is 2.60. The molecule has 0 saturated carbocycles. The molecule has 2 N–H and O–H groups in total. The maximum Gasteiger partial charge on any atom is 0.332 e. The van der Waals surface area contributed by atoms with E-state index in [2.05, 4.69) is 5.32 Å². The topological polar surface area (TPSA) is 95.2 Å². The van der Waals surface area contributed by atoms with Gasteiger partial charge in [0.05, 0.1) is 12.9 Å². The fourth-order valence-electron chi connectivity index (χ4n) is 1.20. The van der Waals surface area contributed by atoms with E-state index in [1.807, 2.05) is 0 Å². The summed E-state index contributed by atoms with van der Waals surface area (Å²) in [7, 11) is -3.56. The zero-order valence-corrected chi connectivity index (χ0v) is 10.1. The standard InChI is InChI=1S/C10H13N2O4S/c1-17(15,16)12-10(14)11-9-4-2-8(3-5-9)6-7-13/h2-5H,6-7H2,1H3,(H2,11,12,14). The van der Waals surface area contributed by atoms with Gasteiger partial charge < -0.3 is 5.32 Å². The third-order valence-corrected chi connectivity index (χ3v) is 2.44. The van der Waals surface area contributed by atoms with Gasteiger partial charge in [0.1, 0.15) is 0 Å². The summed E-state index contributed by atoms with van der Waals surface area (Å²) in [5.41, 5.74) is 1.33. The molecule has 0 aliphatic heterocycles. The van der Waals surface area contributed by atoms with Crippen LogP contribution < -0.4 is 10.0 Å². The molecule has 0 aliphatic carbocycles. The Hall–Kier alpha value is -1.60. The van der Waals surface area contributed by atoms with Crippen LogP contribution in [-0.4, -0.2) is 27.3 Å². The molecule has 7 heteroatoms. The molecule has 0 heterocycles. The second-order valence-corrected chi connectivity index (χ2v) is 5.23. The van der Waals surface area contributed by atoms with E-state index in [4.69, 9.17) is 0 Å². The highest BCUT2D eigenvalue weighted by Crippen LogP contribution is 2.09. The van der Waals surface area contributed by atoms with Gasteiger partial charge in [0.15, 0.2) is 0 Å². The second-order valence-electron chi connectivity index (χ2n) is 3.48. The van der Waals surface area contributed by atoms with Crippen molar-refractivity contribution in [3.05, 3.63) is 29.8 Å². The molecular formula is C10H13N2O4S. The van der Waals surface area contributed by atoms with Crippen LogP contribution in [0.5, 0.6) is 0 Å². The summed E-state index contributed by atoms with van der Waals surface area (Å²) >= 11 is 0. The smallest absolute Gasteiger partial charge is 0.307 e. The lowest BCUT2D eigenvalue weighted by Gasteiger charge is -2.06. The first-order valence-electron chi connectivity index (χ1n) is 4.86. The number of rotatable bonds is 4. The van der Waals surface area contributed by atoms with Crippen LogP contribution in [0.1, 0.15) is 5.56 Å². The Morgan fingerprint density at radius 1 is 1.24 bits per heavy atom. The van der Waals surface area contributed by atoms with Gasteiger partial charge in [-0.1, -0.05) is 12.1 Å². The summed E-state index contributed by atoms with van der Waals surface area (Å²) in [5, 5.41) is 12.7. The lowest BCUT2D eigenvalue weighted by molar-refractivity contribution is 0.197.